The first-order valence-corrected chi connectivity index (χ1v) is 6.82. The minimum absolute atomic E-state index is 0.0401. The predicted molar refractivity (Wildman–Crippen MR) is 69.2 cm³/mol. The number of hydrogen-bond acceptors (Lipinski definition) is 4. The lowest BCUT2D eigenvalue weighted by molar-refractivity contribution is 0.0237. The summed E-state index contributed by atoms with van der Waals surface area (Å²) in [5.74, 6) is 0.483. The zero-order valence-electron chi connectivity index (χ0n) is 10.8. The van der Waals surface area contributed by atoms with Gasteiger partial charge in [0.2, 0.25) is 5.88 Å². The van der Waals surface area contributed by atoms with E-state index in [1.165, 1.54) is 0 Å². The van der Waals surface area contributed by atoms with Crippen LogP contribution in [0.4, 0.5) is 0 Å². The maximum Gasteiger partial charge on any atom is 0.251 e. The van der Waals surface area contributed by atoms with Crippen molar-refractivity contribution in [3.8, 4) is 5.88 Å². The molecule has 3 rings (SSSR count). The Kier molecular flexibility index (Phi) is 3.64. The van der Waals surface area contributed by atoms with Crippen LogP contribution in [0.25, 0.3) is 0 Å². The number of ether oxygens (including phenoxy) is 2. The first-order chi connectivity index (χ1) is 9.31. The second kappa shape index (κ2) is 5.57. The Hall–Kier alpha value is -1.62. The first-order valence-electron chi connectivity index (χ1n) is 6.82. The maximum atomic E-state index is 11.9. The topological polar surface area (TPSA) is 60.5 Å². The van der Waals surface area contributed by atoms with Gasteiger partial charge in [0.15, 0.2) is 0 Å². The highest BCUT2D eigenvalue weighted by Crippen LogP contribution is 2.20. The minimum Gasteiger partial charge on any atom is -0.474 e. The Balaban J connectivity index is 1.62. The largest absolute Gasteiger partial charge is 0.474 e. The van der Waals surface area contributed by atoms with Crippen molar-refractivity contribution in [2.45, 2.75) is 37.8 Å². The molecular formula is C14H18N2O3. The molecule has 1 aromatic rings. The van der Waals surface area contributed by atoms with Crippen LogP contribution in [0.2, 0.25) is 0 Å². The second-order valence-electron chi connectivity index (χ2n) is 5.06. The van der Waals surface area contributed by atoms with Crippen LogP contribution in [0.1, 0.15) is 36.0 Å². The lowest BCUT2D eigenvalue weighted by Gasteiger charge is -2.22. The van der Waals surface area contributed by atoms with E-state index < -0.39 is 0 Å². The standard InChI is InChI=1S/C14H18N2O3/c17-14(16-11-1-2-11)10-3-6-15-13(9-10)19-12-4-7-18-8-5-12/h3,6,9,11-12H,1-2,4-5,7-8H2,(H,16,17). The molecule has 2 aliphatic rings. The Morgan fingerprint density at radius 1 is 1.32 bits per heavy atom. The number of aromatic nitrogens is 1. The van der Waals surface area contributed by atoms with Gasteiger partial charge in [0.05, 0.1) is 13.2 Å². The second-order valence-corrected chi connectivity index (χ2v) is 5.06. The highest BCUT2D eigenvalue weighted by molar-refractivity contribution is 5.94. The van der Waals surface area contributed by atoms with Gasteiger partial charge < -0.3 is 14.8 Å². The molecular weight excluding hydrogens is 244 g/mol. The molecule has 0 unspecified atom stereocenters. The SMILES string of the molecule is O=C(NC1CC1)c1ccnc(OC2CCOCC2)c1. The van der Waals surface area contributed by atoms with Crippen LogP contribution in [0.3, 0.4) is 0 Å². The zero-order valence-corrected chi connectivity index (χ0v) is 10.8. The first kappa shape index (κ1) is 12.4. The lowest BCUT2D eigenvalue weighted by Crippen LogP contribution is -2.27. The molecule has 1 saturated heterocycles. The van der Waals surface area contributed by atoms with Gasteiger partial charge in [-0.1, -0.05) is 0 Å². The van der Waals surface area contributed by atoms with Crippen molar-refractivity contribution < 1.29 is 14.3 Å². The monoisotopic (exact) mass is 262 g/mol. The molecule has 0 bridgehead atoms. The van der Waals surface area contributed by atoms with E-state index >= 15 is 0 Å². The summed E-state index contributed by atoms with van der Waals surface area (Å²) < 4.78 is 11.1. The molecule has 1 aliphatic carbocycles. The molecule has 2 heterocycles. The van der Waals surface area contributed by atoms with Crippen LogP contribution in [-0.4, -0.2) is 36.3 Å². The Bertz CT molecular complexity index is 454. The average molecular weight is 262 g/mol. The number of hydrogen-bond donors (Lipinski definition) is 1. The molecule has 19 heavy (non-hydrogen) atoms. The van der Waals surface area contributed by atoms with Crippen molar-refractivity contribution in [2.24, 2.45) is 0 Å². The summed E-state index contributed by atoms with van der Waals surface area (Å²) in [6, 6.07) is 3.79. The van der Waals surface area contributed by atoms with Gasteiger partial charge in [-0.2, -0.15) is 0 Å². The number of pyridine rings is 1. The predicted octanol–water partition coefficient (Wildman–Crippen LogP) is 1.53. The highest BCUT2D eigenvalue weighted by Gasteiger charge is 2.24. The fraction of sp³-hybridized carbons (Fsp3) is 0.571. The molecule has 1 amide bonds. The van der Waals surface area contributed by atoms with Gasteiger partial charge >= 0.3 is 0 Å². The van der Waals surface area contributed by atoms with E-state index in [4.69, 9.17) is 9.47 Å². The van der Waals surface area contributed by atoms with E-state index in [0.29, 0.717) is 17.5 Å². The molecule has 1 saturated carbocycles. The number of carbonyl (C=O) groups is 1. The van der Waals surface area contributed by atoms with E-state index in [-0.39, 0.29) is 12.0 Å². The van der Waals surface area contributed by atoms with E-state index in [1.54, 1.807) is 18.3 Å². The Morgan fingerprint density at radius 3 is 2.84 bits per heavy atom. The lowest BCUT2D eigenvalue weighted by atomic mass is 10.1. The molecule has 102 valence electrons. The summed E-state index contributed by atoms with van der Waals surface area (Å²) >= 11 is 0. The molecule has 0 spiro atoms. The molecule has 1 N–H and O–H groups in total. The normalized spacial score (nSPS) is 20.0. The van der Waals surface area contributed by atoms with Crippen LogP contribution < -0.4 is 10.1 Å². The number of amides is 1. The van der Waals surface area contributed by atoms with Crippen molar-refractivity contribution in [3.63, 3.8) is 0 Å². The Morgan fingerprint density at radius 2 is 2.11 bits per heavy atom. The van der Waals surface area contributed by atoms with E-state index in [1.807, 2.05) is 0 Å². The fourth-order valence-electron chi connectivity index (χ4n) is 2.08. The quantitative estimate of drug-likeness (QED) is 0.894. The van der Waals surface area contributed by atoms with Crippen molar-refractivity contribution >= 4 is 5.91 Å². The zero-order chi connectivity index (χ0) is 13.1. The molecule has 2 fully saturated rings. The third-order valence-corrected chi connectivity index (χ3v) is 3.37. The summed E-state index contributed by atoms with van der Waals surface area (Å²) in [4.78, 5) is 16.1. The molecule has 5 nitrogen and oxygen atoms in total. The summed E-state index contributed by atoms with van der Waals surface area (Å²) in [5, 5.41) is 2.96. The third kappa shape index (κ3) is 3.44. The van der Waals surface area contributed by atoms with Crippen molar-refractivity contribution in [1.29, 1.82) is 0 Å². The summed E-state index contributed by atoms with van der Waals surface area (Å²) in [7, 11) is 0. The molecule has 1 aromatic heterocycles. The van der Waals surface area contributed by atoms with Crippen LogP contribution in [0.15, 0.2) is 18.3 Å². The minimum atomic E-state index is -0.0401. The van der Waals surface area contributed by atoms with Gasteiger partial charge in [0.25, 0.3) is 5.91 Å². The van der Waals surface area contributed by atoms with Crippen molar-refractivity contribution in [2.75, 3.05) is 13.2 Å². The van der Waals surface area contributed by atoms with E-state index in [2.05, 4.69) is 10.3 Å². The third-order valence-electron chi connectivity index (χ3n) is 3.37. The highest BCUT2D eigenvalue weighted by atomic mass is 16.5. The smallest absolute Gasteiger partial charge is 0.251 e. The molecule has 0 atom stereocenters. The van der Waals surface area contributed by atoms with Crippen LogP contribution in [0.5, 0.6) is 5.88 Å². The summed E-state index contributed by atoms with van der Waals surface area (Å²) in [6.45, 7) is 1.46. The van der Waals surface area contributed by atoms with Gasteiger partial charge in [0.1, 0.15) is 6.10 Å². The van der Waals surface area contributed by atoms with Crippen molar-refractivity contribution in [1.82, 2.24) is 10.3 Å². The Labute approximate surface area is 112 Å². The summed E-state index contributed by atoms with van der Waals surface area (Å²) in [6.07, 6.45) is 5.68. The van der Waals surface area contributed by atoms with Gasteiger partial charge in [0, 0.05) is 36.7 Å². The average Bonchev–Trinajstić information content (AvgIpc) is 3.24. The number of nitrogens with zero attached hydrogens (tertiary/aromatic N) is 1. The molecule has 5 heteroatoms. The van der Waals surface area contributed by atoms with Gasteiger partial charge in [-0.05, 0) is 18.9 Å². The van der Waals surface area contributed by atoms with E-state index in [9.17, 15) is 4.79 Å². The van der Waals surface area contributed by atoms with Gasteiger partial charge in [-0.3, -0.25) is 4.79 Å². The fourth-order valence-corrected chi connectivity index (χ4v) is 2.08. The summed E-state index contributed by atoms with van der Waals surface area (Å²) in [5.41, 5.74) is 0.615. The molecule has 0 aromatic carbocycles. The van der Waals surface area contributed by atoms with Gasteiger partial charge in [-0.15, -0.1) is 0 Å². The van der Waals surface area contributed by atoms with Crippen LogP contribution in [0, 0.1) is 0 Å². The van der Waals surface area contributed by atoms with E-state index in [0.717, 1.165) is 38.9 Å². The maximum absolute atomic E-state index is 11.9. The molecule has 0 radical (unpaired) electrons. The number of carbonyl (C=O) groups excluding carboxylic acids is 1. The molecule has 1 aliphatic heterocycles. The van der Waals surface area contributed by atoms with Gasteiger partial charge in [-0.25, -0.2) is 4.98 Å². The van der Waals surface area contributed by atoms with Crippen molar-refractivity contribution in [3.05, 3.63) is 23.9 Å². The number of nitrogens with one attached hydrogen (secondary N) is 1. The van der Waals surface area contributed by atoms with Crippen LogP contribution >= 0.6 is 0 Å². The van der Waals surface area contributed by atoms with Crippen LogP contribution in [-0.2, 0) is 4.74 Å². The number of rotatable bonds is 4.